The van der Waals surface area contributed by atoms with Gasteiger partial charge in [0.05, 0.1) is 5.69 Å². The van der Waals surface area contributed by atoms with E-state index >= 15 is 0 Å². The summed E-state index contributed by atoms with van der Waals surface area (Å²) in [6.45, 7) is 9.47. The first kappa shape index (κ1) is 22.7. The molecule has 150 valence electrons. The number of anilines is 1. The summed E-state index contributed by atoms with van der Waals surface area (Å²) in [5, 5.41) is 11.5. The van der Waals surface area contributed by atoms with Gasteiger partial charge in [-0.3, -0.25) is 14.8 Å². The monoisotopic (exact) mass is 377 g/mol. The number of benzene rings is 1. The minimum absolute atomic E-state index is 0.0697. The lowest BCUT2D eigenvalue weighted by molar-refractivity contribution is -0.124. The van der Waals surface area contributed by atoms with Crippen molar-refractivity contribution in [2.45, 2.75) is 40.0 Å². The van der Waals surface area contributed by atoms with Crippen LogP contribution in [0.25, 0.3) is 6.08 Å². The molecule has 0 spiro atoms. The lowest BCUT2D eigenvalue weighted by Crippen LogP contribution is -2.28. The molecule has 3 N–H and O–H groups in total. The topological polar surface area (TPSA) is 90.9 Å². The molecule has 0 saturated carbocycles. The second-order valence-corrected chi connectivity index (χ2v) is 6.09. The zero-order valence-corrected chi connectivity index (χ0v) is 16.5. The summed E-state index contributed by atoms with van der Waals surface area (Å²) in [6, 6.07) is 5.31. The van der Waals surface area contributed by atoms with E-state index in [1.807, 2.05) is 6.92 Å². The van der Waals surface area contributed by atoms with Crippen molar-refractivity contribution >= 4 is 23.6 Å². The Morgan fingerprint density at radius 1 is 1.22 bits per heavy atom. The molecule has 0 bridgehead atoms. The molecule has 0 unspecified atom stereocenters. The minimum atomic E-state index is -0.622. The molecule has 0 heterocycles. The number of hydroxylamine groups is 1. The fraction of sp³-hybridized carbons (Fsp3) is 0.500. The number of carbonyl (C=O) groups is 2. The van der Waals surface area contributed by atoms with Crippen molar-refractivity contribution in [3.8, 4) is 5.75 Å². The van der Waals surface area contributed by atoms with Crippen LogP contribution in [-0.2, 0) is 9.59 Å². The molecule has 0 aliphatic carbocycles. The van der Waals surface area contributed by atoms with E-state index in [0.717, 1.165) is 32.5 Å². The smallest absolute Gasteiger partial charge is 0.267 e. The number of hydrogen-bond acceptors (Lipinski definition) is 5. The van der Waals surface area contributed by atoms with Gasteiger partial charge in [0, 0.05) is 19.0 Å². The van der Waals surface area contributed by atoms with Crippen LogP contribution in [0.15, 0.2) is 24.3 Å². The zero-order valence-electron chi connectivity index (χ0n) is 16.5. The minimum Gasteiger partial charge on any atom is -0.490 e. The van der Waals surface area contributed by atoms with Crippen molar-refractivity contribution in [3.63, 3.8) is 0 Å². The Balaban J connectivity index is 2.89. The molecule has 7 nitrogen and oxygen atoms in total. The van der Waals surface area contributed by atoms with Gasteiger partial charge < -0.3 is 15.0 Å². The van der Waals surface area contributed by atoms with Gasteiger partial charge in [0.25, 0.3) is 5.91 Å². The standard InChI is InChI=1S/C20H31N3O4/c1-4-7-8-19(24)21-17-15-16(10-12-20(25)22-26)9-11-18(17)27-14-13-23(5-2)6-3/h9-12,15,26H,4-8,13-14H2,1-3H3,(H,21,24)(H,22,25)/b12-10+. The van der Waals surface area contributed by atoms with Crippen LogP contribution < -0.4 is 15.5 Å². The van der Waals surface area contributed by atoms with Gasteiger partial charge in [-0.05, 0) is 43.3 Å². The van der Waals surface area contributed by atoms with E-state index in [0.29, 0.717) is 30.0 Å². The van der Waals surface area contributed by atoms with Crippen molar-refractivity contribution in [2.24, 2.45) is 0 Å². The number of amides is 2. The largest absolute Gasteiger partial charge is 0.490 e. The highest BCUT2D eigenvalue weighted by Gasteiger charge is 2.10. The Hall–Kier alpha value is -2.38. The highest BCUT2D eigenvalue weighted by Crippen LogP contribution is 2.27. The Morgan fingerprint density at radius 2 is 1.96 bits per heavy atom. The second-order valence-electron chi connectivity index (χ2n) is 6.09. The van der Waals surface area contributed by atoms with Crippen LogP contribution in [0.4, 0.5) is 5.69 Å². The number of carbonyl (C=O) groups excluding carboxylic acids is 2. The number of rotatable bonds is 12. The first-order chi connectivity index (χ1) is 13.0. The van der Waals surface area contributed by atoms with E-state index in [1.54, 1.807) is 29.8 Å². The van der Waals surface area contributed by atoms with Crippen LogP contribution in [0.2, 0.25) is 0 Å². The molecule has 0 saturated heterocycles. The van der Waals surface area contributed by atoms with Crippen LogP contribution in [0.5, 0.6) is 5.75 Å². The van der Waals surface area contributed by atoms with Gasteiger partial charge in [0.15, 0.2) is 0 Å². The lowest BCUT2D eigenvalue weighted by atomic mass is 10.1. The highest BCUT2D eigenvalue weighted by molar-refractivity contribution is 5.94. The van der Waals surface area contributed by atoms with E-state index in [1.165, 1.54) is 6.08 Å². The molecule has 0 aromatic heterocycles. The molecule has 1 rings (SSSR count). The summed E-state index contributed by atoms with van der Waals surface area (Å²) >= 11 is 0. The number of unbranched alkanes of at least 4 members (excludes halogenated alkanes) is 1. The summed E-state index contributed by atoms with van der Waals surface area (Å²) < 4.78 is 5.88. The van der Waals surface area contributed by atoms with Gasteiger partial charge in [0.1, 0.15) is 12.4 Å². The summed E-state index contributed by atoms with van der Waals surface area (Å²) in [7, 11) is 0. The quantitative estimate of drug-likeness (QED) is 0.296. The number of nitrogens with zero attached hydrogens (tertiary/aromatic N) is 1. The predicted molar refractivity (Wildman–Crippen MR) is 107 cm³/mol. The summed E-state index contributed by atoms with van der Waals surface area (Å²) in [5.41, 5.74) is 2.82. The molecular weight excluding hydrogens is 346 g/mol. The van der Waals surface area contributed by atoms with Crippen molar-refractivity contribution in [3.05, 3.63) is 29.8 Å². The molecule has 27 heavy (non-hydrogen) atoms. The number of hydrogen-bond donors (Lipinski definition) is 3. The van der Waals surface area contributed by atoms with Gasteiger partial charge in [-0.1, -0.05) is 33.3 Å². The molecule has 1 aromatic carbocycles. The van der Waals surface area contributed by atoms with E-state index in [4.69, 9.17) is 9.94 Å². The van der Waals surface area contributed by atoms with Gasteiger partial charge in [-0.25, -0.2) is 5.48 Å². The average Bonchev–Trinajstić information content (AvgIpc) is 2.68. The molecule has 0 atom stereocenters. The van der Waals surface area contributed by atoms with Crippen molar-refractivity contribution in [1.29, 1.82) is 0 Å². The van der Waals surface area contributed by atoms with Gasteiger partial charge in [-0.15, -0.1) is 0 Å². The fourth-order valence-corrected chi connectivity index (χ4v) is 2.46. The Bertz CT molecular complexity index is 628. The normalized spacial score (nSPS) is 11.0. The third-order valence-corrected chi connectivity index (χ3v) is 4.13. The molecular formula is C20H31N3O4. The van der Waals surface area contributed by atoms with Gasteiger partial charge in [0.2, 0.25) is 5.91 Å². The van der Waals surface area contributed by atoms with Crippen LogP contribution in [0.1, 0.15) is 45.6 Å². The summed E-state index contributed by atoms with van der Waals surface area (Å²) in [4.78, 5) is 25.5. The molecule has 0 radical (unpaired) electrons. The van der Waals surface area contributed by atoms with E-state index in [9.17, 15) is 9.59 Å². The van der Waals surface area contributed by atoms with E-state index in [2.05, 4.69) is 24.1 Å². The fourth-order valence-electron chi connectivity index (χ4n) is 2.46. The maximum atomic E-state index is 12.1. The van der Waals surface area contributed by atoms with Crippen molar-refractivity contribution in [1.82, 2.24) is 10.4 Å². The average molecular weight is 377 g/mol. The van der Waals surface area contributed by atoms with E-state index in [-0.39, 0.29) is 5.91 Å². The Morgan fingerprint density at radius 3 is 2.59 bits per heavy atom. The molecule has 1 aromatic rings. The van der Waals surface area contributed by atoms with Crippen LogP contribution in [-0.4, -0.2) is 48.2 Å². The SMILES string of the molecule is CCCCC(=O)Nc1cc(/C=C/C(=O)NO)ccc1OCCN(CC)CC. The van der Waals surface area contributed by atoms with Crippen LogP contribution in [0.3, 0.4) is 0 Å². The van der Waals surface area contributed by atoms with Crippen LogP contribution >= 0.6 is 0 Å². The number of nitrogens with one attached hydrogen (secondary N) is 2. The summed E-state index contributed by atoms with van der Waals surface area (Å²) in [5.74, 6) is -0.0986. The third-order valence-electron chi connectivity index (χ3n) is 4.13. The first-order valence-electron chi connectivity index (χ1n) is 9.45. The Labute approximate surface area is 161 Å². The molecule has 7 heteroatoms. The van der Waals surface area contributed by atoms with E-state index < -0.39 is 5.91 Å². The number of likely N-dealkylation sites (N-methyl/N-ethyl adjacent to an activating group) is 1. The summed E-state index contributed by atoms with van der Waals surface area (Å²) in [6.07, 6.45) is 4.97. The molecule has 0 fully saturated rings. The molecule has 0 aliphatic rings. The maximum absolute atomic E-state index is 12.1. The van der Waals surface area contributed by atoms with Crippen molar-refractivity contribution < 1.29 is 19.5 Å². The van der Waals surface area contributed by atoms with Crippen molar-refractivity contribution in [2.75, 3.05) is 31.6 Å². The second kappa shape index (κ2) is 12.9. The lowest BCUT2D eigenvalue weighted by Gasteiger charge is -2.19. The molecule has 0 aliphatic heterocycles. The molecule has 2 amide bonds. The Kier molecular flexibility index (Phi) is 10.8. The van der Waals surface area contributed by atoms with Gasteiger partial charge >= 0.3 is 0 Å². The number of ether oxygens (including phenoxy) is 1. The predicted octanol–water partition coefficient (Wildman–Crippen LogP) is 3.05. The third kappa shape index (κ3) is 8.70. The maximum Gasteiger partial charge on any atom is 0.267 e. The van der Waals surface area contributed by atoms with Gasteiger partial charge in [-0.2, -0.15) is 0 Å². The van der Waals surface area contributed by atoms with Crippen LogP contribution in [0, 0.1) is 0 Å². The highest BCUT2D eigenvalue weighted by atomic mass is 16.5. The zero-order chi connectivity index (χ0) is 20.1. The first-order valence-corrected chi connectivity index (χ1v) is 9.45.